The summed E-state index contributed by atoms with van der Waals surface area (Å²) in [7, 11) is 0. The summed E-state index contributed by atoms with van der Waals surface area (Å²) in [5, 5.41) is 37.5. The maximum absolute atomic E-state index is 11.7. The average molecular weight is 273 g/mol. The third kappa shape index (κ3) is 2.33. The molecule has 106 valence electrons. The molecule has 0 amide bonds. The van der Waals surface area contributed by atoms with Gasteiger partial charge in [-0.3, -0.25) is 4.57 Å². The SMILES string of the molecule is Nc1nc(=O)n(C2OC(CO)C(O)[C@@H]2O)cc1CO. The van der Waals surface area contributed by atoms with Crippen LogP contribution in [0.3, 0.4) is 0 Å². The number of ether oxygens (including phenoxy) is 1. The minimum Gasteiger partial charge on any atom is -0.394 e. The number of rotatable bonds is 3. The van der Waals surface area contributed by atoms with E-state index in [0.29, 0.717) is 0 Å². The summed E-state index contributed by atoms with van der Waals surface area (Å²) >= 11 is 0. The highest BCUT2D eigenvalue weighted by molar-refractivity contribution is 5.36. The van der Waals surface area contributed by atoms with Gasteiger partial charge >= 0.3 is 5.69 Å². The number of anilines is 1. The quantitative estimate of drug-likeness (QED) is 0.389. The summed E-state index contributed by atoms with van der Waals surface area (Å²) in [6.07, 6.45) is -3.71. The van der Waals surface area contributed by atoms with Crippen LogP contribution in [0, 0.1) is 0 Å². The molecular formula is C10H15N3O6. The summed E-state index contributed by atoms with van der Waals surface area (Å²) in [6.45, 7) is -0.938. The smallest absolute Gasteiger partial charge is 0.351 e. The Hall–Kier alpha value is -1.52. The molecule has 0 saturated carbocycles. The lowest BCUT2D eigenvalue weighted by Gasteiger charge is -2.18. The van der Waals surface area contributed by atoms with Crippen LogP contribution in [0.4, 0.5) is 5.82 Å². The molecule has 0 radical (unpaired) electrons. The largest absolute Gasteiger partial charge is 0.394 e. The molecule has 1 aliphatic heterocycles. The Morgan fingerprint density at radius 2 is 2.05 bits per heavy atom. The average Bonchev–Trinajstić information content (AvgIpc) is 2.67. The van der Waals surface area contributed by atoms with Crippen molar-refractivity contribution in [2.24, 2.45) is 0 Å². The fraction of sp³-hybridized carbons (Fsp3) is 0.600. The Bertz CT molecular complexity index is 518. The maximum atomic E-state index is 11.7. The second-order valence-corrected chi connectivity index (χ2v) is 4.23. The standard InChI is InChI=1S/C10H15N3O6/c11-8-4(2-14)1-13(10(18)12-8)9-7(17)6(16)5(3-15)19-9/h1,5-7,9,14-17H,2-3H2,(H2,11,12,18)/t5?,6?,7-,9?/m0/s1. The first-order chi connectivity index (χ1) is 8.99. The number of nitrogens with zero attached hydrogens (tertiary/aromatic N) is 2. The lowest BCUT2D eigenvalue weighted by molar-refractivity contribution is -0.0551. The van der Waals surface area contributed by atoms with Gasteiger partial charge in [0.05, 0.1) is 13.2 Å². The van der Waals surface area contributed by atoms with Crippen molar-refractivity contribution in [3.8, 4) is 0 Å². The normalized spacial score (nSPS) is 30.7. The van der Waals surface area contributed by atoms with Crippen molar-refractivity contribution in [3.05, 3.63) is 22.2 Å². The van der Waals surface area contributed by atoms with Gasteiger partial charge in [0.1, 0.15) is 24.1 Å². The monoisotopic (exact) mass is 273 g/mol. The van der Waals surface area contributed by atoms with E-state index < -0.39 is 43.4 Å². The Balaban J connectivity index is 2.40. The first kappa shape index (κ1) is 13.9. The van der Waals surface area contributed by atoms with Gasteiger partial charge in [-0.05, 0) is 0 Å². The van der Waals surface area contributed by atoms with Crippen molar-refractivity contribution in [3.63, 3.8) is 0 Å². The number of aliphatic hydroxyl groups is 4. The van der Waals surface area contributed by atoms with Crippen molar-refractivity contribution in [1.29, 1.82) is 0 Å². The van der Waals surface area contributed by atoms with E-state index >= 15 is 0 Å². The van der Waals surface area contributed by atoms with Crippen LogP contribution in [-0.4, -0.2) is 54.9 Å². The molecule has 0 spiro atoms. The molecule has 0 bridgehead atoms. The number of aromatic nitrogens is 2. The summed E-state index contributed by atoms with van der Waals surface area (Å²) in [6, 6.07) is 0. The Morgan fingerprint density at radius 3 is 2.58 bits per heavy atom. The van der Waals surface area contributed by atoms with Crippen LogP contribution >= 0.6 is 0 Å². The number of hydrogen-bond acceptors (Lipinski definition) is 8. The molecule has 4 atom stereocenters. The Kier molecular flexibility index (Phi) is 3.83. The molecule has 9 nitrogen and oxygen atoms in total. The fourth-order valence-corrected chi connectivity index (χ4v) is 1.94. The van der Waals surface area contributed by atoms with E-state index in [-0.39, 0.29) is 11.4 Å². The van der Waals surface area contributed by atoms with Gasteiger partial charge in [0.15, 0.2) is 6.23 Å². The van der Waals surface area contributed by atoms with E-state index in [0.717, 1.165) is 4.57 Å². The number of aliphatic hydroxyl groups excluding tert-OH is 4. The molecule has 9 heteroatoms. The lowest BCUT2D eigenvalue weighted by atomic mass is 10.1. The number of nitrogens with two attached hydrogens (primary N) is 1. The molecule has 1 fully saturated rings. The molecule has 1 aromatic rings. The highest BCUT2D eigenvalue weighted by Gasteiger charge is 2.43. The molecular weight excluding hydrogens is 258 g/mol. The van der Waals surface area contributed by atoms with E-state index in [9.17, 15) is 15.0 Å². The van der Waals surface area contributed by atoms with Gasteiger partial charge in [-0.25, -0.2) is 4.79 Å². The van der Waals surface area contributed by atoms with E-state index in [1.165, 1.54) is 6.20 Å². The Morgan fingerprint density at radius 1 is 1.37 bits per heavy atom. The topological polar surface area (TPSA) is 151 Å². The molecule has 1 aromatic heterocycles. The van der Waals surface area contributed by atoms with Crippen LogP contribution in [0.2, 0.25) is 0 Å². The molecule has 2 rings (SSSR count). The molecule has 0 aliphatic carbocycles. The van der Waals surface area contributed by atoms with E-state index in [4.69, 9.17) is 20.7 Å². The van der Waals surface area contributed by atoms with Crippen molar-refractivity contribution >= 4 is 5.82 Å². The van der Waals surface area contributed by atoms with Gasteiger partial charge in [0.25, 0.3) is 0 Å². The predicted octanol–water partition coefficient (Wildman–Crippen LogP) is -3.07. The number of hydrogen-bond donors (Lipinski definition) is 5. The van der Waals surface area contributed by atoms with Crippen molar-refractivity contribution in [2.75, 3.05) is 12.3 Å². The van der Waals surface area contributed by atoms with Gasteiger partial charge in [-0.2, -0.15) is 4.98 Å². The second-order valence-electron chi connectivity index (χ2n) is 4.23. The zero-order chi connectivity index (χ0) is 14.2. The highest BCUT2D eigenvalue weighted by Crippen LogP contribution is 2.28. The van der Waals surface area contributed by atoms with Crippen LogP contribution in [0.5, 0.6) is 0 Å². The first-order valence-corrected chi connectivity index (χ1v) is 5.60. The summed E-state index contributed by atoms with van der Waals surface area (Å²) < 4.78 is 6.11. The van der Waals surface area contributed by atoms with Crippen LogP contribution in [0.15, 0.2) is 11.0 Å². The maximum Gasteiger partial charge on any atom is 0.351 e. The van der Waals surface area contributed by atoms with Crippen LogP contribution in [0.1, 0.15) is 11.8 Å². The van der Waals surface area contributed by atoms with Crippen molar-refractivity contribution in [1.82, 2.24) is 9.55 Å². The third-order valence-corrected chi connectivity index (χ3v) is 3.02. The Labute approximate surface area is 107 Å². The van der Waals surface area contributed by atoms with Crippen molar-refractivity contribution in [2.45, 2.75) is 31.1 Å². The predicted molar refractivity (Wildman–Crippen MR) is 61.8 cm³/mol. The lowest BCUT2D eigenvalue weighted by Crippen LogP contribution is -2.36. The zero-order valence-electron chi connectivity index (χ0n) is 9.88. The first-order valence-electron chi connectivity index (χ1n) is 5.60. The van der Waals surface area contributed by atoms with Gasteiger partial charge in [-0.15, -0.1) is 0 Å². The van der Waals surface area contributed by atoms with Gasteiger partial charge in [-0.1, -0.05) is 0 Å². The molecule has 1 saturated heterocycles. The molecule has 6 N–H and O–H groups in total. The fourth-order valence-electron chi connectivity index (χ4n) is 1.94. The van der Waals surface area contributed by atoms with Gasteiger partial charge in [0.2, 0.25) is 0 Å². The van der Waals surface area contributed by atoms with Gasteiger partial charge < -0.3 is 30.9 Å². The van der Waals surface area contributed by atoms with E-state index in [2.05, 4.69) is 4.98 Å². The van der Waals surface area contributed by atoms with E-state index in [1.54, 1.807) is 0 Å². The molecule has 0 aromatic carbocycles. The summed E-state index contributed by atoms with van der Waals surface area (Å²) in [4.78, 5) is 15.2. The second kappa shape index (κ2) is 5.23. The molecule has 1 aliphatic rings. The molecule has 2 heterocycles. The van der Waals surface area contributed by atoms with Crippen molar-refractivity contribution < 1.29 is 25.2 Å². The minimum atomic E-state index is -1.40. The summed E-state index contributed by atoms with van der Waals surface area (Å²) in [5.41, 5.74) is 4.84. The minimum absolute atomic E-state index is 0.115. The molecule has 3 unspecified atom stereocenters. The summed E-state index contributed by atoms with van der Waals surface area (Å²) in [5.74, 6) is -0.115. The van der Waals surface area contributed by atoms with Gasteiger partial charge in [0, 0.05) is 11.8 Å². The third-order valence-electron chi connectivity index (χ3n) is 3.02. The van der Waals surface area contributed by atoms with E-state index in [1.807, 2.05) is 0 Å². The zero-order valence-corrected chi connectivity index (χ0v) is 9.88. The van der Waals surface area contributed by atoms with Crippen LogP contribution < -0.4 is 11.4 Å². The van der Waals surface area contributed by atoms with Crippen LogP contribution in [-0.2, 0) is 11.3 Å². The number of nitrogen functional groups attached to an aromatic ring is 1. The highest BCUT2D eigenvalue weighted by atomic mass is 16.6. The molecule has 19 heavy (non-hydrogen) atoms. The van der Waals surface area contributed by atoms with Crippen LogP contribution in [0.25, 0.3) is 0 Å².